The minimum atomic E-state index is -3.98. The molecule has 0 saturated carbocycles. The van der Waals surface area contributed by atoms with Crippen molar-refractivity contribution in [3.63, 3.8) is 0 Å². The molecule has 0 aromatic heterocycles. The number of rotatable bonds is 14. The Bertz CT molecular complexity index is 1190. The Balaban J connectivity index is 2.16. The maximum atomic E-state index is 13.1. The van der Waals surface area contributed by atoms with Crippen molar-refractivity contribution >= 4 is 57.1 Å². The summed E-state index contributed by atoms with van der Waals surface area (Å²) >= 11 is 1.22. The summed E-state index contributed by atoms with van der Waals surface area (Å²) in [6.45, 7) is 6.09. The van der Waals surface area contributed by atoms with Gasteiger partial charge in [0.1, 0.15) is 30.3 Å². The Morgan fingerprint density at radius 1 is 1.15 bits per heavy atom. The first-order chi connectivity index (χ1) is 18.7. The Morgan fingerprint density at radius 3 is 2.40 bits per heavy atom. The van der Waals surface area contributed by atoms with Gasteiger partial charge in [-0.1, -0.05) is 5.16 Å². The quantitative estimate of drug-likeness (QED) is 0.0515. The predicted molar refractivity (Wildman–Crippen MR) is 140 cm³/mol. The first kappa shape index (κ1) is 33.2. The monoisotopic (exact) mass is 607 g/mol. The molecular formula is C23H33N3O12S2. The molecule has 1 N–H and O–H groups in total. The summed E-state index contributed by atoms with van der Waals surface area (Å²) in [5.41, 5.74) is -1.28. The van der Waals surface area contributed by atoms with E-state index in [1.807, 2.05) is 0 Å². The van der Waals surface area contributed by atoms with Gasteiger partial charge in [0.05, 0.1) is 17.8 Å². The van der Waals surface area contributed by atoms with E-state index in [0.717, 1.165) is 4.90 Å². The van der Waals surface area contributed by atoms with Gasteiger partial charge < -0.3 is 24.4 Å². The number of carbonyl (C=O) groups excluding carboxylic acids is 5. The van der Waals surface area contributed by atoms with Crippen LogP contribution in [0.15, 0.2) is 16.4 Å². The largest absolute Gasteiger partial charge is 0.427 e. The lowest BCUT2D eigenvalue weighted by atomic mass is 9.98. The van der Waals surface area contributed by atoms with Gasteiger partial charge in [0.2, 0.25) is 18.3 Å². The molecule has 2 aliphatic heterocycles. The van der Waals surface area contributed by atoms with Crippen molar-refractivity contribution in [2.24, 2.45) is 10.6 Å². The van der Waals surface area contributed by atoms with Crippen LogP contribution in [-0.4, -0.2) is 105 Å². The van der Waals surface area contributed by atoms with Crippen LogP contribution in [0.2, 0.25) is 0 Å². The van der Waals surface area contributed by atoms with Crippen molar-refractivity contribution in [1.29, 1.82) is 0 Å². The Labute approximate surface area is 236 Å². The van der Waals surface area contributed by atoms with Crippen molar-refractivity contribution in [1.82, 2.24) is 10.2 Å². The van der Waals surface area contributed by atoms with Crippen LogP contribution in [0.5, 0.6) is 0 Å². The number of carbonyl (C=O) groups is 5. The summed E-state index contributed by atoms with van der Waals surface area (Å²) in [7, 11) is -2.57. The lowest BCUT2D eigenvalue weighted by Crippen LogP contribution is -2.71. The molecule has 0 radical (unpaired) electrons. The predicted octanol–water partition coefficient (Wildman–Crippen LogP) is -0.295. The Hall–Kier alpha value is -3.02. The maximum absolute atomic E-state index is 13.1. The maximum Gasteiger partial charge on any atom is 0.358 e. The molecule has 2 heterocycles. The average molecular weight is 608 g/mol. The van der Waals surface area contributed by atoms with Crippen LogP contribution in [0.25, 0.3) is 0 Å². The van der Waals surface area contributed by atoms with Gasteiger partial charge in [-0.25, -0.2) is 4.79 Å². The summed E-state index contributed by atoms with van der Waals surface area (Å²) in [5, 5.41) is 5.09. The smallest absolute Gasteiger partial charge is 0.358 e. The van der Waals surface area contributed by atoms with E-state index in [-0.39, 0.29) is 24.7 Å². The number of fused-ring (bicyclic) bond motifs is 1. The van der Waals surface area contributed by atoms with E-state index < -0.39 is 81.3 Å². The van der Waals surface area contributed by atoms with Crippen LogP contribution in [0.3, 0.4) is 0 Å². The van der Waals surface area contributed by atoms with Crippen molar-refractivity contribution in [2.45, 2.75) is 46.0 Å². The number of ketones is 1. The molecule has 0 aliphatic carbocycles. The van der Waals surface area contributed by atoms with Crippen molar-refractivity contribution in [2.75, 3.05) is 45.2 Å². The van der Waals surface area contributed by atoms with Crippen molar-refractivity contribution in [3.05, 3.63) is 11.3 Å². The number of amides is 2. The first-order valence-electron chi connectivity index (χ1n) is 12.1. The van der Waals surface area contributed by atoms with Crippen LogP contribution in [-0.2, 0) is 57.3 Å². The van der Waals surface area contributed by atoms with E-state index in [1.165, 1.54) is 25.8 Å². The second-order valence-corrected chi connectivity index (χ2v) is 12.4. The van der Waals surface area contributed by atoms with Crippen LogP contribution in [0, 0.1) is 5.41 Å². The van der Waals surface area contributed by atoms with Gasteiger partial charge in [0.25, 0.3) is 21.9 Å². The van der Waals surface area contributed by atoms with Gasteiger partial charge in [0, 0.05) is 12.9 Å². The van der Waals surface area contributed by atoms with Crippen LogP contribution < -0.4 is 5.32 Å². The number of methoxy groups -OCH3 is 1. The summed E-state index contributed by atoms with van der Waals surface area (Å²) in [4.78, 5) is 69.3. The molecule has 40 heavy (non-hydrogen) atoms. The molecule has 2 atom stereocenters. The number of oxime groups is 1. The average Bonchev–Trinajstić information content (AvgIpc) is 2.89. The highest BCUT2D eigenvalue weighted by atomic mass is 32.2. The van der Waals surface area contributed by atoms with Crippen LogP contribution >= 0.6 is 11.8 Å². The standard InChI is InChI=1S/C23H33N3O12S2/c1-7-37-25-15(14(27)10-38-40(32,33)8-2)18(28)24-16-19(29)26-17(13(9-34-6)11-39-20(16)26)21(30)35-12-36-22(31)23(3,4)5/h16,20H,7-12H2,1-6H3,(H,24,28)/b25-15+/t16?,20-/m1/s1. The Morgan fingerprint density at radius 2 is 1.82 bits per heavy atom. The van der Waals surface area contributed by atoms with Gasteiger partial charge >= 0.3 is 11.9 Å². The third-order valence-electron chi connectivity index (χ3n) is 5.33. The molecule has 2 aliphatic rings. The third-order valence-corrected chi connectivity index (χ3v) is 7.85. The molecule has 2 amide bonds. The van der Waals surface area contributed by atoms with Gasteiger partial charge in [-0.2, -0.15) is 8.42 Å². The number of Topliss-reactive ketones (excluding diaryl/α,β-unsaturated/α-hetero) is 1. The van der Waals surface area contributed by atoms with Gasteiger partial charge in [-0.05, 0) is 40.2 Å². The minimum Gasteiger partial charge on any atom is -0.427 e. The lowest BCUT2D eigenvalue weighted by Gasteiger charge is -2.49. The number of hydrogen-bond acceptors (Lipinski definition) is 14. The molecule has 17 heteroatoms. The molecule has 0 spiro atoms. The highest BCUT2D eigenvalue weighted by molar-refractivity contribution is 8.00. The summed E-state index contributed by atoms with van der Waals surface area (Å²) in [6, 6.07) is -1.16. The fraction of sp³-hybridized carbons (Fsp3) is 0.652. The van der Waals surface area contributed by atoms with Gasteiger partial charge in [-0.3, -0.25) is 28.3 Å². The van der Waals surface area contributed by atoms with Crippen molar-refractivity contribution < 1.29 is 55.6 Å². The summed E-state index contributed by atoms with van der Waals surface area (Å²) in [6.07, 6.45) is 0. The van der Waals surface area contributed by atoms with E-state index >= 15 is 0 Å². The molecule has 224 valence electrons. The van der Waals surface area contributed by atoms with E-state index in [2.05, 4.69) is 14.7 Å². The molecule has 0 bridgehead atoms. The zero-order chi connectivity index (χ0) is 30.3. The highest BCUT2D eigenvalue weighted by Crippen LogP contribution is 2.40. The number of nitrogens with zero attached hydrogens (tertiary/aromatic N) is 2. The van der Waals surface area contributed by atoms with E-state index in [1.54, 1.807) is 27.7 Å². The SMILES string of the molecule is CCO/N=C(\C(=O)COS(=O)(=O)CC)C(=O)NC1C(=O)N2C(C(=O)OCOC(=O)C(C)(C)C)=C(COC)CS[C@H]12. The first-order valence-corrected chi connectivity index (χ1v) is 14.7. The van der Waals surface area contributed by atoms with Crippen molar-refractivity contribution in [3.8, 4) is 0 Å². The van der Waals surface area contributed by atoms with E-state index in [9.17, 15) is 32.4 Å². The topological polar surface area (TPSA) is 193 Å². The third kappa shape index (κ3) is 8.25. The van der Waals surface area contributed by atoms with E-state index in [0.29, 0.717) is 5.57 Å². The molecule has 1 saturated heterocycles. The normalized spacial score (nSPS) is 19.4. The number of ether oxygens (including phenoxy) is 3. The molecule has 0 aromatic rings. The second-order valence-electron chi connectivity index (χ2n) is 9.37. The lowest BCUT2D eigenvalue weighted by molar-refractivity contribution is -0.173. The zero-order valence-electron chi connectivity index (χ0n) is 23.0. The summed E-state index contributed by atoms with van der Waals surface area (Å²) < 4.78 is 42.9. The molecule has 15 nitrogen and oxygen atoms in total. The zero-order valence-corrected chi connectivity index (χ0v) is 24.6. The fourth-order valence-corrected chi connectivity index (χ4v) is 5.01. The van der Waals surface area contributed by atoms with Gasteiger partial charge in [0.15, 0.2) is 0 Å². The van der Waals surface area contributed by atoms with E-state index in [4.69, 9.17) is 19.0 Å². The number of β-lactam (4-membered cyclic amide) rings is 1. The molecule has 1 unspecified atom stereocenters. The molecule has 0 aromatic carbocycles. The number of hydrogen-bond donors (Lipinski definition) is 1. The number of esters is 2. The second kappa shape index (κ2) is 14.0. The molecule has 2 rings (SSSR count). The molecular weight excluding hydrogens is 574 g/mol. The highest BCUT2D eigenvalue weighted by Gasteiger charge is 2.55. The number of nitrogens with one attached hydrogen (secondary N) is 1. The summed E-state index contributed by atoms with van der Waals surface area (Å²) in [5.74, 6) is -4.55. The van der Waals surface area contributed by atoms with Crippen LogP contribution in [0.1, 0.15) is 34.6 Å². The Kier molecular flexibility index (Phi) is 11.7. The minimum absolute atomic E-state index is 0.00358. The van der Waals surface area contributed by atoms with Crippen LogP contribution in [0.4, 0.5) is 0 Å². The number of thioether (sulfide) groups is 1. The fourth-order valence-electron chi connectivity index (χ4n) is 3.23. The molecule has 1 fully saturated rings. The van der Waals surface area contributed by atoms with Gasteiger partial charge in [-0.15, -0.1) is 11.8 Å².